The Morgan fingerprint density at radius 3 is 2.42 bits per heavy atom. The molecule has 2 aliphatic rings. The normalized spacial score (nSPS) is 22.1. The SMILES string of the molecule is BC(NC(=O)C(F)(F)c1ccc(Cl)cc1)c1ccc2c(c1)CN(C1C(=O)NC(=O)C(B)C1(B)B)C2=O. The first-order chi connectivity index (χ1) is 16.7. The maximum Gasteiger partial charge on any atom is 0.349 e. The lowest BCUT2D eigenvalue weighted by Gasteiger charge is -2.46. The van der Waals surface area contributed by atoms with Gasteiger partial charge in [0.2, 0.25) is 11.8 Å². The Hall–Kier alpha value is -3.07. The van der Waals surface area contributed by atoms with E-state index in [2.05, 4.69) is 10.6 Å². The minimum Gasteiger partial charge on any atom is -0.352 e. The van der Waals surface area contributed by atoms with Crippen LogP contribution in [-0.2, 0) is 26.9 Å². The van der Waals surface area contributed by atoms with Crippen LogP contribution in [0.1, 0.15) is 33.0 Å². The Labute approximate surface area is 215 Å². The Bertz CT molecular complexity index is 1280. The van der Waals surface area contributed by atoms with Gasteiger partial charge in [-0.2, -0.15) is 8.78 Å². The molecule has 4 amide bonds. The zero-order valence-corrected chi connectivity index (χ0v) is 21.0. The van der Waals surface area contributed by atoms with Crippen LogP contribution in [0.25, 0.3) is 0 Å². The topological polar surface area (TPSA) is 95.6 Å². The van der Waals surface area contributed by atoms with Gasteiger partial charge in [-0.05, 0) is 29.3 Å². The van der Waals surface area contributed by atoms with Crippen LogP contribution < -0.4 is 10.6 Å². The molecule has 2 aromatic carbocycles. The third-order valence-corrected chi connectivity index (χ3v) is 7.57. The Balaban J connectivity index is 1.53. The zero-order valence-electron chi connectivity index (χ0n) is 20.2. The van der Waals surface area contributed by atoms with E-state index in [4.69, 9.17) is 11.6 Å². The van der Waals surface area contributed by atoms with Crippen molar-refractivity contribution in [1.82, 2.24) is 15.5 Å². The molecule has 3 atom stereocenters. The fourth-order valence-corrected chi connectivity index (χ4v) is 4.88. The monoisotopic (exact) mass is 509 g/mol. The van der Waals surface area contributed by atoms with Gasteiger partial charge in [0, 0.05) is 34.5 Å². The summed E-state index contributed by atoms with van der Waals surface area (Å²) in [5, 5.41) is 4.16. The summed E-state index contributed by atoms with van der Waals surface area (Å²) in [6, 6.07) is 8.73. The van der Waals surface area contributed by atoms with Crippen LogP contribution in [-0.4, -0.2) is 66.0 Å². The van der Waals surface area contributed by atoms with Gasteiger partial charge in [0.15, 0.2) is 0 Å². The van der Waals surface area contributed by atoms with E-state index in [0.717, 1.165) is 12.1 Å². The number of fused-ring (bicyclic) bond motifs is 1. The highest BCUT2D eigenvalue weighted by molar-refractivity contribution is 6.50. The lowest BCUT2D eigenvalue weighted by molar-refractivity contribution is -0.147. The molecule has 2 heterocycles. The average Bonchev–Trinajstić information content (AvgIpc) is 3.12. The standard InChI is InChI=1S/C22H22B4ClF2N3O4/c23-14-17(33)31-18(34)15(21(14,25)26)32-8-10-7-9(1-6-13(10)19(32)35)16(24)30-20(36)22(28,29)11-2-4-12(27)5-3-11/h1-7,14-16H,8,23-26H2,(H,30,36)(H,31,33,34). The van der Waals surface area contributed by atoms with Crippen molar-refractivity contribution in [2.75, 3.05) is 0 Å². The predicted octanol–water partition coefficient (Wildman–Crippen LogP) is -1.34. The van der Waals surface area contributed by atoms with Gasteiger partial charge in [0.1, 0.15) is 37.4 Å². The zero-order chi connectivity index (χ0) is 26.6. The lowest BCUT2D eigenvalue weighted by Crippen LogP contribution is -2.62. The largest absolute Gasteiger partial charge is 0.352 e. The average molecular weight is 509 g/mol. The molecule has 0 bridgehead atoms. The Kier molecular flexibility index (Phi) is 6.58. The molecule has 2 N–H and O–H groups in total. The van der Waals surface area contributed by atoms with Crippen molar-refractivity contribution in [3.8, 4) is 0 Å². The van der Waals surface area contributed by atoms with E-state index in [9.17, 15) is 28.0 Å². The first kappa shape index (κ1) is 26.0. The quantitative estimate of drug-likeness (QED) is 0.386. The van der Waals surface area contributed by atoms with Gasteiger partial charge in [-0.15, -0.1) is 0 Å². The van der Waals surface area contributed by atoms with E-state index in [1.165, 1.54) is 17.0 Å². The number of piperidine rings is 1. The number of halogens is 3. The molecular formula is C22H22B4ClF2N3O4. The van der Waals surface area contributed by atoms with Gasteiger partial charge in [-0.3, -0.25) is 24.5 Å². The van der Waals surface area contributed by atoms with Crippen molar-refractivity contribution in [2.24, 2.45) is 0 Å². The molecule has 36 heavy (non-hydrogen) atoms. The summed E-state index contributed by atoms with van der Waals surface area (Å²) in [5.74, 6) is -7.77. The molecule has 2 aliphatic heterocycles. The Morgan fingerprint density at radius 2 is 1.78 bits per heavy atom. The number of alkyl halides is 2. The van der Waals surface area contributed by atoms with E-state index in [-0.39, 0.29) is 23.4 Å². The van der Waals surface area contributed by atoms with Crippen molar-refractivity contribution in [1.29, 1.82) is 0 Å². The van der Waals surface area contributed by atoms with Crippen molar-refractivity contribution in [3.05, 3.63) is 69.7 Å². The summed E-state index contributed by atoms with van der Waals surface area (Å²) >= 11 is 5.75. The van der Waals surface area contributed by atoms with Gasteiger partial charge < -0.3 is 10.2 Å². The fraction of sp³-hybridized carbons (Fsp3) is 0.273. The van der Waals surface area contributed by atoms with Gasteiger partial charge in [0.05, 0.1) is 0 Å². The molecule has 2 aromatic rings. The summed E-state index contributed by atoms with van der Waals surface area (Å²) in [7, 11) is 6.83. The second-order valence-corrected chi connectivity index (χ2v) is 10.4. The van der Waals surface area contributed by atoms with Gasteiger partial charge in [-0.25, -0.2) is 0 Å². The maximum absolute atomic E-state index is 14.7. The molecule has 7 nitrogen and oxygen atoms in total. The van der Waals surface area contributed by atoms with E-state index < -0.39 is 46.3 Å². The predicted molar refractivity (Wildman–Crippen MR) is 140 cm³/mol. The summed E-state index contributed by atoms with van der Waals surface area (Å²) in [4.78, 5) is 51.9. The smallest absolute Gasteiger partial charge is 0.349 e. The first-order valence-corrected chi connectivity index (χ1v) is 11.9. The second-order valence-electron chi connectivity index (χ2n) is 9.93. The van der Waals surface area contributed by atoms with Crippen molar-refractivity contribution < 1.29 is 28.0 Å². The third kappa shape index (κ3) is 4.34. The highest BCUT2D eigenvalue weighted by atomic mass is 35.5. The van der Waals surface area contributed by atoms with Crippen LogP contribution in [0.2, 0.25) is 16.1 Å². The van der Waals surface area contributed by atoms with Gasteiger partial charge in [-0.1, -0.05) is 41.1 Å². The summed E-state index contributed by atoms with van der Waals surface area (Å²) in [6.45, 7) is 0.117. The molecule has 1 saturated heterocycles. The molecule has 0 spiro atoms. The van der Waals surface area contributed by atoms with Gasteiger partial charge >= 0.3 is 5.92 Å². The van der Waals surface area contributed by atoms with Gasteiger partial charge in [0.25, 0.3) is 11.8 Å². The molecule has 1 fully saturated rings. The number of nitrogens with zero attached hydrogens (tertiary/aromatic N) is 1. The molecular weight excluding hydrogens is 487 g/mol. The number of imide groups is 1. The number of nitrogens with one attached hydrogen (secondary N) is 2. The molecule has 0 aromatic heterocycles. The summed E-state index contributed by atoms with van der Waals surface area (Å²) in [5.41, 5.74) is 1.04. The van der Waals surface area contributed by atoms with E-state index in [0.29, 0.717) is 16.7 Å². The number of carbonyl (C=O) groups excluding carboxylic acids is 4. The number of benzene rings is 2. The van der Waals surface area contributed by atoms with Crippen LogP contribution in [0.15, 0.2) is 42.5 Å². The highest BCUT2D eigenvalue weighted by Crippen LogP contribution is 2.43. The molecule has 182 valence electrons. The number of amides is 4. The number of hydrogen-bond acceptors (Lipinski definition) is 4. The Morgan fingerprint density at radius 1 is 1.14 bits per heavy atom. The lowest BCUT2D eigenvalue weighted by atomic mass is 9.39. The molecule has 4 rings (SSSR count). The van der Waals surface area contributed by atoms with Crippen LogP contribution >= 0.6 is 11.6 Å². The van der Waals surface area contributed by atoms with Crippen molar-refractivity contribution >= 4 is 66.6 Å². The highest BCUT2D eigenvalue weighted by Gasteiger charge is 2.52. The second kappa shape index (κ2) is 9.10. The first-order valence-electron chi connectivity index (χ1n) is 11.5. The van der Waals surface area contributed by atoms with Crippen molar-refractivity contribution in [2.45, 2.75) is 35.5 Å². The maximum atomic E-state index is 14.7. The molecule has 0 saturated carbocycles. The van der Waals surface area contributed by atoms with Crippen molar-refractivity contribution in [3.63, 3.8) is 0 Å². The molecule has 14 heteroatoms. The third-order valence-electron chi connectivity index (χ3n) is 7.32. The fourth-order valence-electron chi connectivity index (χ4n) is 4.76. The minimum absolute atomic E-state index is 0.117. The van der Waals surface area contributed by atoms with Crippen LogP contribution in [0.5, 0.6) is 0 Å². The van der Waals surface area contributed by atoms with E-state index in [1.807, 2.05) is 0 Å². The summed E-state index contributed by atoms with van der Waals surface area (Å²) < 4.78 is 29.4. The summed E-state index contributed by atoms with van der Waals surface area (Å²) in [6.07, 6.45) is 0. The molecule has 3 unspecified atom stereocenters. The molecule has 0 radical (unpaired) electrons. The molecule has 0 aliphatic carbocycles. The van der Waals surface area contributed by atoms with E-state index >= 15 is 0 Å². The minimum atomic E-state index is -3.77. The van der Waals surface area contributed by atoms with Crippen LogP contribution in [0, 0.1) is 0 Å². The van der Waals surface area contributed by atoms with Crippen LogP contribution in [0.3, 0.4) is 0 Å². The number of hydrogen-bond donors (Lipinski definition) is 2. The van der Waals surface area contributed by atoms with Crippen LogP contribution in [0.4, 0.5) is 8.78 Å². The number of rotatable bonds is 5. The van der Waals surface area contributed by atoms with E-state index in [1.54, 1.807) is 49.6 Å². The number of carbonyl (C=O) groups is 4.